The van der Waals surface area contributed by atoms with Crippen LogP contribution in [0, 0.1) is 18.8 Å². The molecule has 0 aromatic carbocycles. The van der Waals surface area contributed by atoms with E-state index in [9.17, 15) is 0 Å². The Hall–Kier alpha value is -0.560. The Balaban J connectivity index is 0.000000861. The van der Waals surface area contributed by atoms with E-state index in [0.717, 1.165) is 5.69 Å². The minimum absolute atomic E-state index is 0.334. The van der Waals surface area contributed by atoms with Gasteiger partial charge in [0.05, 0.1) is 33.7 Å². The molecule has 1 aliphatic rings. The Morgan fingerprint density at radius 3 is 2.68 bits per heavy atom. The van der Waals surface area contributed by atoms with E-state index in [2.05, 4.69) is 43.2 Å². The number of hydrogen-bond donors (Lipinski definition) is 1. The van der Waals surface area contributed by atoms with E-state index in [1.807, 2.05) is 20.8 Å². The Labute approximate surface area is 129 Å². The SMILES string of the molecule is CC.Cc1cc(C#CC2(OSI)COC2)c(N)nn1. The zero-order valence-electron chi connectivity index (χ0n) is 11.1. The van der Waals surface area contributed by atoms with Crippen molar-refractivity contribution in [1.29, 1.82) is 0 Å². The van der Waals surface area contributed by atoms with Crippen molar-refractivity contribution >= 4 is 36.2 Å². The molecule has 1 aromatic heterocycles. The number of nitrogens with two attached hydrogens (primary N) is 1. The first-order valence-corrected chi connectivity index (χ1v) is 9.11. The number of aromatic nitrogens is 2. The van der Waals surface area contributed by atoms with Crippen molar-refractivity contribution in [3.8, 4) is 11.8 Å². The van der Waals surface area contributed by atoms with Gasteiger partial charge in [0, 0.05) is 21.2 Å². The Bertz CT molecular complexity index is 484. The fourth-order valence-electron chi connectivity index (χ4n) is 1.27. The van der Waals surface area contributed by atoms with Gasteiger partial charge in [-0.15, -0.1) is 5.10 Å². The van der Waals surface area contributed by atoms with Crippen molar-refractivity contribution in [3.63, 3.8) is 0 Å². The third-order valence-electron chi connectivity index (χ3n) is 2.23. The lowest BCUT2D eigenvalue weighted by Crippen LogP contribution is -2.49. The number of anilines is 1. The van der Waals surface area contributed by atoms with Crippen LogP contribution in [0.3, 0.4) is 0 Å². The van der Waals surface area contributed by atoms with Gasteiger partial charge < -0.3 is 10.5 Å². The highest BCUT2D eigenvalue weighted by Crippen LogP contribution is 2.29. The second-order valence-corrected chi connectivity index (χ2v) is 5.04. The average Bonchev–Trinajstić information content (AvgIpc) is 2.38. The van der Waals surface area contributed by atoms with Gasteiger partial charge in [0.2, 0.25) is 0 Å². The lowest BCUT2D eigenvalue weighted by molar-refractivity contribution is -0.116. The second-order valence-electron chi connectivity index (χ2n) is 3.67. The third-order valence-corrected chi connectivity index (χ3v) is 3.15. The average molecular weight is 393 g/mol. The topological polar surface area (TPSA) is 70.3 Å². The molecule has 5 nitrogen and oxygen atoms in total. The molecule has 1 aliphatic heterocycles. The minimum atomic E-state index is -0.518. The van der Waals surface area contributed by atoms with Gasteiger partial charge in [0.15, 0.2) is 11.4 Å². The molecule has 1 fully saturated rings. The van der Waals surface area contributed by atoms with E-state index in [0.29, 0.717) is 24.6 Å². The highest BCUT2D eigenvalue weighted by Gasteiger charge is 2.39. The molecular formula is C12H16IN3O2S. The first-order chi connectivity index (χ1) is 9.15. The van der Waals surface area contributed by atoms with Gasteiger partial charge in [-0.2, -0.15) is 5.10 Å². The largest absolute Gasteiger partial charge is 0.381 e. The maximum Gasteiger partial charge on any atom is 0.190 e. The molecule has 1 aromatic rings. The second kappa shape index (κ2) is 7.89. The van der Waals surface area contributed by atoms with Gasteiger partial charge in [-0.1, -0.05) is 25.7 Å². The van der Waals surface area contributed by atoms with E-state index in [1.54, 1.807) is 6.07 Å². The molecule has 0 unspecified atom stereocenters. The first-order valence-electron chi connectivity index (χ1n) is 5.82. The van der Waals surface area contributed by atoms with Crippen LogP contribution in [0.5, 0.6) is 0 Å². The normalized spacial score (nSPS) is 15.4. The number of aryl methyl sites for hydroxylation is 1. The third kappa shape index (κ3) is 4.49. The van der Waals surface area contributed by atoms with Crippen LogP contribution in [0.2, 0.25) is 0 Å². The van der Waals surface area contributed by atoms with Gasteiger partial charge in [0.25, 0.3) is 0 Å². The van der Waals surface area contributed by atoms with E-state index >= 15 is 0 Å². The number of nitrogen functional groups attached to an aromatic ring is 1. The fourth-order valence-corrected chi connectivity index (χ4v) is 2.56. The summed E-state index contributed by atoms with van der Waals surface area (Å²) in [6, 6.07) is 1.81. The molecular weight excluding hydrogens is 377 g/mol. The van der Waals surface area contributed by atoms with Crippen molar-refractivity contribution in [2.24, 2.45) is 0 Å². The predicted molar refractivity (Wildman–Crippen MR) is 85.7 cm³/mol. The van der Waals surface area contributed by atoms with Crippen molar-refractivity contribution in [1.82, 2.24) is 10.2 Å². The lowest BCUT2D eigenvalue weighted by Gasteiger charge is -2.34. The monoisotopic (exact) mass is 393 g/mol. The molecule has 2 heterocycles. The summed E-state index contributed by atoms with van der Waals surface area (Å²) < 4.78 is 10.6. The van der Waals surface area contributed by atoms with Crippen molar-refractivity contribution in [2.45, 2.75) is 26.4 Å². The van der Waals surface area contributed by atoms with E-state index in [4.69, 9.17) is 14.7 Å². The molecule has 0 aliphatic carbocycles. The number of nitrogens with zero attached hydrogens (tertiary/aromatic N) is 2. The molecule has 0 radical (unpaired) electrons. The number of hydrogen-bond acceptors (Lipinski definition) is 6. The van der Waals surface area contributed by atoms with Crippen LogP contribution in [0.1, 0.15) is 25.1 Å². The van der Waals surface area contributed by atoms with Gasteiger partial charge in [-0.3, -0.25) is 4.18 Å². The summed E-state index contributed by atoms with van der Waals surface area (Å²) in [6.07, 6.45) is 0. The zero-order chi connectivity index (χ0) is 14.3. The van der Waals surface area contributed by atoms with Gasteiger partial charge in [-0.25, -0.2) is 0 Å². The lowest BCUT2D eigenvalue weighted by atomic mass is 10.0. The van der Waals surface area contributed by atoms with Crippen LogP contribution in [-0.2, 0) is 8.92 Å². The smallest absolute Gasteiger partial charge is 0.190 e. The maximum atomic E-state index is 5.70. The highest BCUT2D eigenvalue weighted by atomic mass is 127. The standard InChI is InChI=1S/C10H10IN3O2S.C2H6/c1-7-4-8(9(12)14-13-7)2-3-10(16-17-11)5-15-6-10;1-2/h4H,5-6H2,1H3,(H2,12,14);1-2H3. The van der Waals surface area contributed by atoms with Crippen LogP contribution >= 0.6 is 30.4 Å². The van der Waals surface area contributed by atoms with E-state index < -0.39 is 5.60 Å². The zero-order valence-corrected chi connectivity index (χ0v) is 14.0. The predicted octanol–water partition coefficient (Wildman–Crippen LogP) is 2.53. The maximum absolute atomic E-state index is 5.70. The van der Waals surface area contributed by atoms with Crippen molar-refractivity contribution in [3.05, 3.63) is 17.3 Å². The van der Waals surface area contributed by atoms with Gasteiger partial charge in [0.1, 0.15) is 0 Å². The summed E-state index contributed by atoms with van der Waals surface area (Å²) in [5.74, 6) is 6.36. The summed E-state index contributed by atoms with van der Waals surface area (Å²) in [5.41, 5.74) is 6.63. The molecule has 19 heavy (non-hydrogen) atoms. The Morgan fingerprint density at radius 1 is 1.47 bits per heavy atom. The highest BCUT2D eigenvalue weighted by molar-refractivity contribution is 14.2. The van der Waals surface area contributed by atoms with Crippen LogP contribution < -0.4 is 5.73 Å². The van der Waals surface area contributed by atoms with Crippen LogP contribution in [0.25, 0.3) is 0 Å². The molecule has 2 rings (SSSR count). The van der Waals surface area contributed by atoms with Crippen LogP contribution in [0.4, 0.5) is 5.82 Å². The summed E-state index contributed by atoms with van der Waals surface area (Å²) in [5, 5.41) is 7.67. The first kappa shape index (κ1) is 16.5. The quantitative estimate of drug-likeness (QED) is 0.473. The molecule has 104 valence electrons. The summed E-state index contributed by atoms with van der Waals surface area (Å²) in [7, 11) is 1.26. The summed E-state index contributed by atoms with van der Waals surface area (Å²) in [6.45, 7) is 6.80. The molecule has 1 saturated heterocycles. The number of rotatable bonds is 2. The number of halogens is 1. The van der Waals surface area contributed by atoms with Gasteiger partial charge in [-0.05, 0) is 13.0 Å². The molecule has 0 bridgehead atoms. The minimum Gasteiger partial charge on any atom is -0.381 e. The molecule has 0 spiro atoms. The van der Waals surface area contributed by atoms with Crippen LogP contribution in [0.15, 0.2) is 6.07 Å². The van der Waals surface area contributed by atoms with Crippen LogP contribution in [-0.4, -0.2) is 29.0 Å². The van der Waals surface area contributed by atoms with Crippen molar-refractivity contribution < 1.29 is 8.92 Å². The Kier molecular flexibility index (Phi) is 6.85. The molecule has 0 amide bonds. The molecule has 0 saturated carbocycles. The molecule has 7 heteroatoms. The van der Waals surface area contributed by atoms with E-state index in [1.165, 1.54) is 9.21 Å². The van der Waals surface area contributed by atoms with E-state index in [-0.39, 0.29) is 0 Å². The molecule has 0 atom stereocenters. The van der Waals surface area contributed by atoms with Crippen molar-refractivity contribution in [2.75, 3.05) is 18.9 Å². The number of ether oxygens (including phenoxy) is 1. The summed E-state index contributed by atoms with van der Waals surface area (Å²) in [4.78, 5) is 0. The van der Waals surface area contributed by atoms with Gasteiger partial charge >= 0.3 is 0 Å². The summed E-state index contributed by atoms with van der Waals surface area (Å²) >= 11 is 2.06. The fraction of sp³-hybridized carbons (Fsp3) is 0.500. The molecule has 2 N–H and O–H groups in total. The Morgan fingerprint density at radius 2 is 2.16 bits per heavy atom.